The van der Waals surface area contributed by atoms with Crippen LogP contribution in [0.3, 0.4) is 0 Å². The van der Waals surface area contributed by atoms with Crippen LogP contribution in [0.15, 0.2) is 65.3 Å². The van der Waals surface area contributed by atoms with E-state index >= 15 is 0 Å². The zero-order valence-corrected chi connectivity index (χ0v) is 14.2. The number of methoxy groups -OCH3 is 1. The van der Waals surface area contributed by atoms with Crippen molar-refractivity contribution in [3.05, 3.63) is 72.2 Å². The number of hydrogen-bond acceptors (Lipinski definition) is 5. The Kier molecular flexibility index (Phi) is 4.11. The van der Waals surface area contributed by atoms with Gasteiger partial charge in [0.1, 0.15) is 23.7 Å². The van der Waals surface area contributed by atoms with E-state index in [2.05, 4.69) is 9.97 Å². The van der Waals surface area contributed by atoms with Crippen molar-refractivity contribution in [2.45, 2.75) is 0 Å². The van der Waals surface area contributed by atoms with Crippen molar-refractivity contribution in [3.63, 3.8) is 0 Å². The first-order valence-electron chi connectivity index (χ1n) is 8.17. The molecule has 0 bridgehead atoms. The molecule has 0 saturated heterocycles. The van der Waals surface area contributed by atoms with E-state index < -0.39 is 0 Å². The van der Waals surface area contributed by atoms with Gasteiger partial charge in [0.15, 0.2) is 0 Å². The number of nitrogen functional groups attached to an aromatic ring is 1. The van der Waals surface area contributed by atoms with Gasteiger partial charge in [-0.05, 0) is 29.3 Å². The molecule has 0 atom stereocenters. The van der Waals surface area contributed by atoms with Gasteiger partial charge in [0.05, 0.1) is 12.5 Å². The first-order chi connectivity index (χ1) is 12.8. The van der Waals surface area contributed by atoms with Crippen molar-refractivity contribution >= 4 is 29.1 Å². The maximum absolute atomic E-state index is 6.11. The summed E-state index contributed by atoms with van der Waals surface area (Å²) in [6, 6.07) is 17.8. The monoisotopic (exact) mass is 343 g/mol. The molecule has 2 heterocycles. The van der Waals surface area contributed by atoms with E-state index in [4.69, 9.17) is 14.9 Å². The van der Waals surface area contributed by atoms with Crippen LogP contribution < -0.4 is 10.5 Å². The lowest BCUT2D eigenvalue weighted by molar-refractivity contribution is 0.415. The molecule has 0 spiro atoms. The molecule has 2 N–H and O–H groups in total. The van der Waals surface area contributed by atoms with Gasteiger partial charge in [0.2, 0.25) is 5.71 Å². The maximum Gasteiger partial charge on any atom is 0.232 e. The summed E-state index contributed by atoms with van der Waals surface area (Å²) in [5.41, 5.74) is 9.48. The second kappa shape index (κ2) is 6.72. The van der Waals surface area contributed by atoms with Gasteiger partial charge in [0.25, 0.3) is 0 Å². The summed E-state index contributed by atoms with van der Waals surface area (Å²) in [6.45, 7) is 0. The van der Waals surface area contributed by atoms with Gasteiger partial charge in [0, 0.05) is 5.56 Å². The molecule has 4 aromatic rings. The van der Waals surface area contributed by atoms with E-state index in [-0.39, 0.29) is 0 Å². The zero-order chi connectivity index (χ0) is 17.9. The normalized spacial score (nSPS) is 11.3. The Morgan fingerprint density at radius 3 is 2.46 bits per heavy atom. The number of ether oxygens (including phenoxy) is 1. The van der Waals surface area contributed by atoms with Crippen molar-refractivity contribution in [3.8, 4) is 16.9 Å². The first kappa shape index (κ1) is 15.9. The summed E-state index contributed by atoms with van der Waals surface area (Å²) in [6.07, 6.45) is 5.33. The average molecular weight is 343 g/mol. The molecule has 2 aromatic carbocycles. The van der Waals surface area contributed by atoms with Gasteiger partial charge >= 0.3 is 0 Å². The quantitative estimate of drug-likeness (QED) is 0.584. The van der Waals surface area contributed by atoms with Gasteiger partial charge in [-0.2, -0.15) is 0 Å². The lowest BCUT2D eigenvalue weighted by Gasteiger charge is -2.04. The van der Waals surface area contributed by atoms with E-state index in [1.54, 1.807) is 7.11 Å². The van der Waals surface area contributed by atoms with Crippen molar-refractivity contribution in [2.75, 3.05) is 12.8 Å². The van der Waals surface area contributed by atoms with Gasteiger partial charge < -0.3 is 14.9 Å². The summed E-state index contributed by atoms with van der Waals surface area (Å²) in [7, 11) is 1.64. The molecular weight excluding hydrogens is 326 g/mol. The second-order valence-corrected chi connectivity index (χ2v) is 5.75. The van der Waals surface area contributed by atoms with E-state index in [0.717, 1.165) is 22.4 Å². The molecule has 0 aliphatic rings. The van der Waals surface area contributed by atoms with Crippen molar-refractivity contribution in [1.29, 1.82) is 0 Å². The van der Waals surface area contributed by atoms with E-state index in [1.807, 2.05) is 66.7 Å². The third-order valence-corrected chi connectivity index (χ3v) is 4.15. The van der Waals surface area contributed by atoms with Gasteiger partial charge in [-0.15, -0.1) is 0 Å². The van der Waals surface area contributed by atoms with Crippen LogP contribution in [0.5, 0.6) is 5.75 Å². The highest BCUT2D eigenvalue weighted by atomic mass is 16.5. The number of furan rings is 1. The van der Waals surface area contributed by atoms with Crippen LogP contribution in [0, 0.1) is 0 Å². The summed E-state index contributed by atoms with van der Waals surface area (Å²) in [4.78, 5) is 8.34. The summed E-state index contributed by atoms with van der Waals surface area (Å²) in [5, 5.41) is 0.713. The minimum absolute atomic E-state index is 0.393. The third kappa shape index (κ3) is 2.91. The fraction of sp³-hybridized carbons (Fsp3) is 0.0476. The van der Waals surface area contributed by atoms with E-state index in [9.17, 15) is 0 Å². The fourth-order valence-corrected chi connectivity index (χ4v) is 2.87. The standard InChI is InChI=1S/C21H17N3O2/c1-25-16-10-8-15(9-11-16)18-17(12-7-14-5-3-2-4-6-14)26-21-19(18)20(22)23-13-24-21/h2-13H,1H3,(H2,22,23,24)/b12-7-. The van der Waals surface area contributed by atoms with Crippen LogP contribution in [0.2, 0.25) is 0 Å². The summed E-state index contributed by atoms with van der Waals surface area (Å²) < 4.78 is 11.2. The molecule has 5 heteroatoms. The highest BCUT2D eigenvalue weighted by molar-refractivity contribution is 6.03. The van der Waals surface area contributed by atoms with Gasteiger partial charge in [-0.1, -0.05) is 48.5 Å². The molecule has 0 unspecified atom stereocenters. The Morgan fingerprint density at radius 2 is 1.73 bits per heavy atom. The number of aromatic nitrogens is 2. The average Bonchev–Trinajstić information content (AvgIpc) is 3.07. The highest BCUT2D eigenvalue weighted by Crippen LogP contribution is 2.38. The number of anilines is 1. The molecule has 0 radical (unpaired) electrons. The first-order valence-corrected chi connectivity index (χ1v) is 8.17. The van der Waals surface area contributed by atoms with Crippen molar-refractivity contribution in [1.82, 2.24) is 9.97 Å². The Balaban J connectivity index is 1.89. The lowest BCUT2D eigenvalue weighted by atomic mass is 10.0. The van der Waals surface area contributed by atoms with Crippen LogP contribution >= 0.6 is 0 Å². The molecule has 4 rings (SSSR count). The Morgan fingerprint density at radius 1 is 0.962 bits per heavy atom. The molecule has 2 aromatic heterocycles. The predicted octanol–water partition coefficient (Wildman–Crippen LogP) is 4.65. The zero-order valence-electron chi connectivity index (χ0n) is 14.2. The van der Waals surface area contributed by atoms with Crippen molar-refractivity contribution < 1.29 is 9.15 Å². The second-order valence-electron chi connectivity index (χ2n) is 5.75. The SMILES string of the molecule is COc1ccc(-c2c(/C=C\c3ccccc3)oc3ncnc(N)c23)cc1. The topological polar surface area (TPSA) is 74.2 Å². The number of nitrogens with zero attached hydrogens (tertiary/aromatic N) is 2. The molecule has 0 saturated carbocycles. The van der Waals surface area contributed by atoms with E-state index in [1.165, 1.54) is 6.33 Å². The smallest absolute Gasteiger partial charge is 0.232 e. The van der Waals surface area contributed by atoms with Crippen LogP contribution in [0.1, 0.15) is 11.3 Å². The van der Waals surface area contributed by atoms with Crippen molar-refractivity contribution in [2.24, 2.45) is 0 Å². The lowest BCUT2D eigenvalue weighted by Crippen LogP contribution is -1.92. The number of benzene rings is 2. The molecule has 0 aliphatic carbocycles. The number of nitrogens with two attached hydrogens (primary N) is 1. The summed E-state index contributed by atoms with van der Waals surface area (Å²) in [5.74, 6) is 1.86. The Bertz CT molecular complexity index is 1070. The minimum atomic E-state index is 0.393. The maximum atomic E-state index is 6.11. The largest absolute Gasteiger partial charge is 0.497 e. The third-order valence-electron chi connectivity index (χ3n) is 4.15. The molecule has 0 aliphatic heterocycles. The number of hydrogen-bond donors (Lipinski definition) is 1. The Labute approximate surface area is 150 Å². The van der Waals surface area contributed by atoms with Crippen LogP contribution in [-0.2, 0) is 0 Å². The predicted molar refractivity (Wildman–Crippen MR) is 104 cm³/mol. The summed E-state index contributed by atoms with van der Waals surface area (Å²) >= 11 is 0. The molecule has 26 heavy (non-hydrogen) atoms. The van der Waals surface area contributed by atoms with E-state index in [0.29, 0.717) is 22.7 Å². The number of rotatable bonds is 4. The van der Waals surface area contributed by atoms with Gasteiger partial charge in [-0.3, -0.25) is 0 Å². The van der Waals surface area contributed by atoms with Crippen LogP contribution in [0.4, 0.5) is 5.82 Å². The van der Waals surface area contributed by atoms with Crippen LogP contribution in [0.25, 0.3) is 34.4 Å². The van der Waals surface area contributed by atoms with Crippen LogP contribution in [-0.4, -0.2) is 17.1 Å². The number of fused-ring (bicyclic) bond motifs is 1. The molecular formula is C21H17N3O2. The minimum Gasteiger partial charge on any atom is -0.497 e. The molecule has 0 amide bonds. The Hall–Kier alpha value is -3.60. The molecule has 5 nitrogen and oxygen atoms in total. The molecule has 0 fully saturated rings. The fourth-order valence-electron chi connectivity index (χ4n) is 2.87. The highest BCUT2D eigenvalue weighted by Gasteiger charge is 2.18. The van der Waals surface area contributed by atoms with Gasteiger partial charge in [-0.25, -0.2) is 9.97 Å². The molecule has 128 valence electrons.